The zero-order valence-corrected chi connectivity index (χ0v) is 15.8. The molecule has 1 amide bonds. The Hall–Kier alpha value is -3.05. The first kappa shape index (κ1) is 18.7. The second kappa shape index (κ2) is 8.56. The van der Waals surface area contributed by atoms with Gasteiger partial charge in [-0.3, -0.25) is 4.79 Å². The quantitative estimate of drug-likeness (QED) is 0.494. The third-order valence-corrected chi connectivity index (χ3v) is 3.95. The highest BCUT2D eigenvalue weighted by atomic mass is 35.5. The largest absolute Gasteiger partial charge is 0.484 e. The Morgan fingerprint density at radius 1 is 1.11 bits per heavy atom. The molecular formula is C21H19ClN2O3. The van der Waals surface area contributed by atoms with Gasteiger partial charge in [0.1, 0.15) is 17.3 Å². The average Bonchev–Trinajstić information content (AvgIpc) is 3.09. The lowest BCUT2D eigenvalue weighted by atomic mass is 10.1. The van der Waals surface area contributed by atoms with Crippen molar-refractivity contribution in [3.8, 4) is 17.1 Å². The third kappa shape index (κ3) is 5.46. The Labute approximate surface area is 162 Å². The van der Waals surface area contributed by atoms with Crippen LogP contribution in [0.1, 0.15) is 16.9 Å². The van der Waals surface area contributed by atoms with Crippen LogP contribution < -0.4 is 10.2 Å². The number of furan rings is 1. The Kier molecular flexibility index (Phi) is 5.94. The predicted molar refractivity (Wildman–Crippen MR) is 106 cm³/mol. The molecule has 6 heteroatoms. The molecule has 1 aromatic heterocycles. The van der Waals surface area contributed by atoms with Gasteiger partial charge in [0, 0.05) is 10.6 Å². The zero-order chi connectivity index (χ0) is 19.2. The number of halogens is 1. The van der Waals surface area contributed by atoms with Crippen molar-refractivity contribution in [2.75, 3.05) is 6.61 Å². The summed E-state index contributed by atoms with van der Waals surface area (Å²) in [5, 5.41) is 4.56. The normalized spacial score (nSPS) is 10.9. The van der Waals surface area contributed by atoms with Crippen LogP contribution in [0.25, 0.3) is 11.3 Å². The van der Waals surface area contributed by atoms with Crippen LogP contribution in [0.3, 0.4) is 0 Å². The fourth-order valence-electron chi connectivity index (χ4n) is 2.56. The van der Waals surface area contributed by atoms with Gasteiger partial charge < -0.3 is 9.15 Å². The molecule has 1 heterocycles. The SMILES string of the molecule is Cc1cc(C)cc(OCC(=O)N/N=C\c2ccc(-c3ccc(Cl)cc3)o2)c1. The predicted octanol–water partition coefficient (Wildman–Crippen LogP) is 4.75. The first-order valence-electron chi connectivity index (χ1n) is 8.38. The van der Waals surface area contributed by atoms with Crippen molar-refractivity contribution in [2.24, 2.45) is 5.10 Å². The molecule has 0 unspecified atom stereocenters. The second-order valence-corrected chi connectivity index (χ2v) is 6.55. The number of carbonyl (C=O) groups excluding carboxylic acids is 1. The van der Waals surface area contributed by atoms with Crippen LogP contribution >= 0.6 is 11.6 Å². The number of nitrogens with zero attached hydrogens (tertiary/aromatic N) is 1. The highest BCUT2D eigenvalue weighted by molar-refractivity contribution is 6.30. The summed E-state index contributed by atoms with van der Waals surface area (Å²) in [6, 6.07) is 16.7. The van der Waals surface area contributed by atoms with Crippen LogP contribution in [0.4, 0.5) is 0 Å². The summed E-state index contributed by atoms with van der Waals surface area (Å²) < 4.78 is 11.2. The lowest BCUT2D eigenvalue weighted by Gasteiger charge is -2.07. The topological polar surface area (TPSA) is 63.8 Å². The summed E-state index contributed by atoms with van der Waals surface area (Å²) in [6.07, 6.45) is 1.44. The number of aryl methyl sites for hydroxylation is 2. The molecule has 0 fully saturated rings. The maximum atomic E-state index is 11.8. The molecule has 5 nitrogen and oxygen atoms in total. The van der Waals surface area contributed by atoms with E-state index in [1.165, 1.54) is 6.21 Å². The number of rotatable bonds is 6. The van der Waals surface area contributed by atoms with E-state index in [-0.39, 0.29) is 12.5 Å². The highest BCUT2D eigenvalue weighted by Gasteiger charge is 2.05. The molecule has 2 aromatic carbocycles. The van der Waals surface area contributed by atoms with Gasteiger partial charge in [-0.05, 0) is 73.5 Å². The summed E-state index contributed by atoms with van der Waals surface area (Å²) in [6.45, 7) is 3.84. The van der Waals surface area contributed by atoms with E-state index in [1.54, 1.807) is 18.2 Å². The number of hydrogen-bond donors (Lipinski definition) is 1. The van der Waals surface area contributed by atoms with Crippen LogP contribution in [0.2, 0.25) is 5.02 Å². The molecule has 0 aliphatic carbocycles. The van der Waals surface area contributed by atoms with Crippen molar-refractivity contribution in [1.29, 1.82) is 0 Å². The molecule has 0 spiro atoms. The minimum Gasteiger partial charge on any atom is -0.484 e. The smallest absolute Gasteiger partial charge is 0.277 e. The molecule has 0 saturated heterocycles. The van der Waals surface area contributed by atoms with E-state index in [9.17, 15) is 4.79 Å². The molecule has 27 heavy (non-hydrogen) atoms. The number of hydrazone groups is 1. The van der Waals surface area contributed by atoms with E-state index in [2.05, 4.69) is 10.5 Å². The highest BCUT2D eigenvalue weighted by Crippen LogP contribution is 2.23. The molecule has 1 N–H and O–H groups in total. The third-order valence-electron chi connectivity index (χ3n) is 3.70. The Bertz CT molecular complexity index is 942. The van der Waals surface area contributed by atoms with E-state index in [0.29, 0.717) is 22.3 Å². The monoisotopic (exact) mass is 382 g/mol. The van der Waals surface area contributed by atoms with Gasteiger partial charge in [0.2, 0.25) is 0 Å². The Morgan fingerprint density at radius 2 is 1.81 bits per heavy atom. The first-order chi connectivity index (χ1) is 13.0. The molecule has 0 aliphatic heterocycles. The zero-order valence-electron chi connectivity index (χ0n) is 15.0. The van der Waals surface area contributed by atoms with Gasteiger partial charge in [-0.2, -0.15) is 5.10 Å². The van der Waals surface area contributed by atoms with E-state index in [4.69, 9.17) is 20.8 Å². The van der Waals surface area contributed by atoms with E-state index < -0.39 is 0 Å². The number of carbonyl (C=O) groups is 1. The van der Waals surface area contributed by atoms with Crippen LogP contribution in [-0.4, -0.2) is 18.7 Å². The van der Waals surface area contributed by atoms with Crippen molar-refractivity contribution >= 4 is 23.7 Å². The first-order valence-corrected chi connectivity index (χ1v) is 8.76. The Balaban J connectivity index is 1.51. The summed E-state index contributed by atoms with van der Waals surface area (Å²) in [4.78, 5) is 11.8. The van der Waals surface area contributed by atoms with Crippen LogP contribution in [-0.2, 0) is 4.79 Å². The number of amides is 1. The fraction of sp³-hybridized carbons (Fsp3) is 0.143. The lowest BCUT2D eigenvalue weighted by molar-refractivity contribution is -0.123. The number of hydrogen-bond acceptors (Lipinski definition) is 4. The molecule has 0 radical (unpaired) electrons. The van der Waals surface area contributed by atoms with E-state index in [0.717, 1.165) is 16.7 Å². The lowest BCUT2D eigenvalue weighted by Crippen LogP contribution is -2.24. The number of benzene rings is 2. The molecular weight excluding hydrogens is 364 g/mol. The Morgan fingerprint density at radius 3 is 2.52 bits per heavy atom. The van der Waals surface area contributed by atoms with Crippen LogP contribution in [0, 0.1) is 13.8 Å². The molecule has 0 atom stereocenters. The molecule has 3 aromatic rings. The van der Waals surface area contributed by atoms with Gasteiger partial charge in [-0.15, -0.1) is 0 Å². The van der Waals surface area contributed by atoms with Gasteiger partial charge in [0.15, 0.2) is 6.61 Å². The van der Waals surface area contributed by atoms with Crippen molar-refractivity contribution in [2.45, 2.75) is 13.8 Å². The van der Waals surface area contributed by atoms with Crippen molar-refractivity contribution < 1.29 is 13.9 Å². The number of nitrogens with one attached hydrogen (secondary N) is 1. The van der Waals surface area contributed by atoms with Gasteiger partial charge in [0.25, 0.3) is 5.91 Å². The maximum absolute atomic E-state index is 11.8. The molecule has 3 rings (SSSR count). The van der Waals surface area contributed by atoms with Crippen molar-refractivity contribution in [1.82, 2.24) is 5.43 Å². The minimum absolute atomic E-state index is 0.117. The molecule has 0 saturated carbocycles. The maximum Gasteiger partial charge on any atom is 0.277 e. The fourth-order valence-corrected chi connectivity index (χ4v) is 2.68. The molecule has 0 bridgehead atoms. The van der Waals surface area contributed by atoms with E-state index in [1.807, 2.05) is 50.2 Å². The summed E-state index contributed by atoms with van der Waals surface area (Å²) in [5.41, 5.74) is 5.49. The minimum atomic E-state index is -0.352. The van der Waals surface area contributed by atoms with Crippen LogP contribution in [0.15, 0.2) is 64.1 Å². The van der Waals surface area contributed by atoms with E-state index >= 15 is 0 Å². The average molecular weight is 383 g/mol. The van der Waals surface area contributed by atoms with Crippen LogP contribution in [0.5, 0.6) is 5.75 Å². The van der Waals surface area contributed by atoms with Crippen molar-refractivity contribution in [3.05, 3.63) is 76.5 Å². The second-order valence-electron chi connectivity index (χ2n) is 6.11. The standard InChI is InChI=1S/C21H19ClN2O3/c1-14-9-15(2)11-19(10-14)26-13-21(25)24-23-12-18-7-8-20(27-18)16-3-5-17(22)6-4-16/h3-12H,13H2,1-2H3,(H,24,25)/b23-12-. The van der Waals surface area contributed by atoms with Gasteiger partial charge >= 0.3 is 0 Å². The summed E-state index contributed by atoms with van der Waals surface area (Å²) in [7, 11) is 0. The molecule has 138 valence electrons. The van der Waals surface area contributed by atoms with Gasteiger partial charge in [0.05, 0.1) is 6.21 Å². The molecule has 0 aliphatic rings. The number of ether oxygens (including phenoxy) is 1. The summed E-state index contributed by atoms with van der Waals surface area (Å²) in [5.74, 6) is 1.52. The van der Waals surface area contributed by atoms with Gasteiger partial charge in [-0.25, -0.2) is 5.43 Å². The van der Waals surface area contributed by atoms with Crippen molar-refractivity contribution in [3.63, 3.8) is 0 Å². The van der Waals surface area contributed by atoms with Gasteiger partial charge in [-0.1, -0.05) is 17.7 Å². The summed E-state index contributed by atoms with van der Waals surface area (Å²) >= 11 is 5.88.